The number of benzene rings is 1. The van der Waals surface area contributed by atoms with Gasteiger partial charge in [-0.25, -0.2) is 4.39 Å². The van der Waals surface area contributed by atoms with Gasteiger partial charge in [0, 0.05) is 11.8 Å². The van der Waals surface area contributed by atoms with Crippen LogP contribution in [0, 0.1) is 5.82 Å². The number of hydrogen-bond acceptors (Lipinski definition) is 4. The molecular formula is C14H12FNO3. The number of rotatable bonds is 4. The molecular weight excluding hydrogens is 249 g/mol. The average molecular weight is 261 g/mol. The monoisotopic (exact) mass is 261 g/mol. The number of carbonyl (C=O) groups is 1. The lowest BCUT2D eigenvalue weighted by Gasteiger charge is -2.11. The van der Waals surface area contributed by atoms with Crippen molar-refractivity contribution in [3.63, 3.8) is 0 Å². The first-order chi connectivity index (χ1) is 9.17. The zero-order valence-corrected chi connectivity index (χ0v) is 10.5. The highest BCUT2D eigenvalue weighted by atomic mass is 19.1. The molecule has 0 saturated carbocycles. The summed E-state index contributed by atoms with van der Waals surface area (Å²) >= 11 is 0. The van der Waals surface area contributed by atoms with Crippen LogP contribution < -0.4 is 9.47 Å². The highest BCUT2D eigenvalue weighted by Gasteiger charge is 2.20. The first-order valence-electron chi connectivity index (χ1n) is 5.53. The minimum absolute atomic E-state index is 0.141. The van der Waals surface area contributed by atoms with Crippen molar-refractivity contribution in [3.8, 4) is 11.5 Å². The van der Waals surface area contributed by atoms with E-state index in [1.165, 1.54) is 20.4 Å². The topological polar surface area (TPSA) is 48.4 Å². The van der Waals surface area contributed by atoms with Gasteiger partial charge in [-0.15, -0.1) is 0 Å². The Morgan fingerprint density at radius 1 is 1.16 bits per heavy atom. The highest BCUT2D eigenvalue weighted by molar-refractivity contribution is 6.12. The fourth-order valence-corrected chi connectivity index (χ4v) is 1.76. The van der Waals surface area contributed by atoms with Gasteiger partial charge in [-0.2, -0.15) is 0 Å². The van der Waals surface area contributed by atoms with Crippen LogP contribution in [0.4, 0.5) is 4.39 Å². The van der Waals surface area contributed by atoms with E-state index in [0.29, 0.717) is 11.5 Å². The number of halogens is 1. The van der Waals surface area contributed by atoms with Crippen LogP contribution in [-0.2, 0) is 0 Å². The summed E-state index contributed by atoms with van der Waals surface area (Å²) in [5, 5.41) is 0. The zero-order chi connectivity index (χ0) is 13.8. The van der Waals surface area contributed by atoms with Crippen molar-refractivity contribution >= 4 is 5.78 Å². The lowest BCUT2D eigenvalue weighted by Crippen LogP contribution is -2.07. The predicted octanol–water partition coefficient (Wildman–Crippen LogP) is 2.47. The van der Waals surface area contributed by atoms with Crippen LogP contribution in [0.5, 0.6) is 11.5 Å². The summed E-state index contributed by atoms with van der Waals surface area (Å²) < 4.78 is 23.4. The molecule has 0 unspecified atom stereocenters. The number of ketones is 1. The van der Waals surface area contributed by atoms with Crippen molar-refractivity contribution in [1.82, 2.24) is 4.98 Å². The van der Waals surface area contributed by atoms with E-state index in [4.69, 9.17) is 9.47 Å². The fourth-order valence-electron chi connectivity index (χ4n) is 1.76. The molecule has 1 heterocycles. The van der Waals surface area contributed by atoms with Gasteiger partial charge in [-0.1, -0.05) is 6.07 Å². The highest BCUT2D eigenvalue weighted by Crippen LogP contribution is 2.30. The molecule has 98 valence electrons. The second-order valence-corrected chi connectivity index (χ2v) is 3.76. The Bertz CT molecular complexity index is 591. The summed E-state index contributed by atoms with van der Waals surface area (Å²) in [6.45, 7) is 0. The standard InChI is InChI=1S/C14H12FNO3/c1-18-11-4-3-5-12(19-2)13(11)14(17)9-6-10(15)8-16-7-9/h3-8H,1-2H3. The van der Waals surface area contributed by atoms with E-state index in [2.05, 4.69) is 4.98 Å². The Morgan fingerprint density at radius 2 is 1.79 bits per heavy atom. The van der Waals surface area contributed by atoms with Crippen molar-refractivity contribution in [1.29, 1.82) is 0 Å². The maximum atomic E-state index is 13.1. The van der Waals surface area contributed by atoms with Gasteiger partial charge >= 0.3 is 0 Å². The number of carbonyl (C=O) groups excluding carboxylic acids is 1. The van der Waals surface area contributed by atoms with Gasteiger partial charge in [-0.05, 0) is 18.2 Å². The van der Waals surface area contributed by atoms with Crippen LogP contribution in [-0.4, -0.2) is 25.0 Å². The summed E-state index contributed by atoms with van der Waals surface area (Å²) in [7, 11) is 2.91. The second kappa shape index (κ2) is 5.48. The molecule has 1 aromatic carbocycles. The molecule has 0 atom stereocenters. The van der Waals surface area contributed by atoms with Crippen LogP contribution in [0.25, 0.3) is 0 Å². The average Bonchev–Trinajstić information content (AvgIpc) is 2.45. The SMILES string of the molecule is COc1cccc(OC)c1C(=O)c1cncc(F)c1. The number of methoxy groups -OCH3 is 2. The van der Waals surface area contributed by atoms with E-state index in [1.54, 1.807) is 18.2 Å². The molecule has 0 fully saturated rings. The molecule has 0 bridgehead atoms. The predicted molar refractivity (Wildman–Crippen MR) is 67.2 cm³/mol. The Kier molecular flexibility index (Phi) is 3.75. The molecule has 0 spiro atoms. The van der Waals surface area contributed by atoms with E-state index in [9.17, 15) is 9.18 Å². The van der Waals surface area contributed by atoms with Crippen LogP contribution in [0.2, 0.25) is 0 Å². The number of ether oxygens (including phenoxy) is 2. The number of nitrogens with zero attached hydrogens (tertiary/aromatic N) is 1. The first-order valence-corrected chi connectivity index (χ1v) is 5.53. The molecule has 4 nitrogen and oxygen atoms in total. The summed E-state index contributed by atoms with van der Waals surface area (Å²) in [6.07, 6.45) is 2.34. The van der Waals surface area contributed by atoms with E-state index in [0.717, 1.165) is 12.3 Å². The Morgan fingerprint density at radius 3 is 2.32 bits per heavy atom. The summed E-state index contributed by atoms with van der Waals surface area (Å²) in [6, 6.07) is 6.12. The molecule has 0 N–H and O–H groups in total. The quantitative estimate of drug-likeness (QED) is 0.793. The van der Waals surface area contributed by atoms with Gasteiger partial charge in [0.1, 0.15) is 22.9 Å². The summed E-state index contributed by atoms with van der Waals surface area (Å²) in [4.78, 5) is 16.1. The lowest BCUT2D eigenvalue weighted by molar-refractivity contribution is 0.103. The van der Waals surface area contributed by atoms with Crippen molar-refractivity contribution < 1.29 is 18.7 Å². The summed E-state index contributed by atoms with van der Waals surface area (Å²) in [5.74, 6) is -0.233. The Labute approximate surface area is 109 Å². The third kappa shape index (κ3) is 2.54. The van der Waals surface area contributed by atoms with Crippen molar-refractivity contribution in [2.75, 3.05) is 14.2 Å². The van der Waals surface area contributed by atoms with Gasteiger partial charge in [0.2, 0.25) is 5.78 Å². The van der Waals surface area contributed by atoms with Gasteiger partial charge in [-0.3, -0.25) is 9.78 Å². The zero-order valence-electron chi connectivity index (χ0n) is 10.5. The Hall–Kier alpha value is -2.43. The third-order valence-corrected chi connectivity index (χ3v) is 2.62. The molecule has 2 aromatic rings. The van der Waals surface area contributed by atoms with Crippen LogP contribution in [0.1, 0.15) is 15.9 Å². The second-order valence-electron chi connectivity index (χ2n) is 3.76. The molecule has 0 radical (unpaired) electrons. The van der Waals surface area contributed by atoms with E-state index in [-0.39, 0.29) is 11.1 Å². The Balaban J connectivity index is 2.55. The largest absolute Gasteiger partial charge is 0.496 e. The van der Waals surface area contributed by atoms with Crippen molar-refractivity contribution in [2.24, 2.45) is 0 Å². The van der Waals surface area contributed by atoms with Crippen LogP contribution >= 0.6 is 0 Å². The lowest BCUT2D eigenvalue weighted by atomic mass is 10.0. The normalized spacial score (nSPS) is 10.1. The van der Waals surface area contributed by atoms with E-state index >= 15 is 0 Å². The molecule has 2 rings (SSSR count). The van der Waals surface area contributed by atoms with E-state index < -0.39 is 11.6 Å². The van der Waals surface area contributed by atoms with Gasteiger partial charge < -0.3 is 9.47 Å². The molecule has 0 aliphatic carbocycles. The molecule has 1 aromatic heterocycles. The molecule has 19 heavy (non-hydrogen) atoms. The smallest absolute Gasteiger partial charge is 0.202 e. The van der Waals surface area contributed by atoms with Crippen molar-refractivity contribution in [3.05, 3.63) is 53.6 Å². The van der Waals surface area contributed by atoms with Crippen LogP contribution in [0.15, 0.2) is 36.7 Å². The number of pyridine rings is 1. The van der Waals surface area contributed by atoms with E-state index in [1.807, 2.05) is 0 Å². The number of aromatic nitrogens is 1. The third-order valence-electron chi connectivity index (χ3n) is 2.62. The number of hydrogen-bond donors (Lipinski definition) is 0. The van der Waals surface area contributed by atoms with Gasteiger partial charge in [0.15, 0.2) is 0 Å². The van der Waals surface area contributed by atoms with Gasteiger partial charge in [0.05, 0.1) is 20.4 Å². The minimum atomic E-state index is -0.570. The maximum Gasteiger partial charge on any atom is 0.202 e. The minimum Gasteiger partial charge on any atom is -0.496 e. The molecule has 0 aliphatic rings. The van der Waals surface area contributed by atoms with Crippen LogP contribution in [0.3, 0.4) is 0 Å². The summed E-state index contributed by atoms with van der Waals surface area (Å²) in [5.41, 5.74) is 0.391. The molecule has 5 heteroatoms. The molecule has 0 amide bonds. The maximum absolute atomic E-state index is 13.1. The molecule has 0 aliphatic heterocycles. The fraction of sp³-hybridized carbons (Fsp3) is 0.143. The van der Waals surface area contributed by atoms with Gasteiger partial charge in [0.25, 0.3) is 0 Å². The first kappa shape index (κ1) is 13.0. The molecule has 0 saturated heterocycles. The van der Waals surface area contributed by atoms with Crippen molar-refractivity contribution in [2.45, 2.75) is 0 Å².